The van der Waals surface area contributed by atoms with E-state index in [1.54, 1.807) is 23.0 Å². The number of hydrogen-bond acceptors (Lipinski definition) is 5. The van der Waals surface area contributed by atoms with Gasteiger partial charge in [-0.3, -0.25) is 9.59 Å². The van der Waals surface area contributed by atoms with Gasteiger partial charge in [-0.05, 0) is 43.7 Å². The van der Waals surface area contributed by atoms with Gasteiger partial charge in [0.2, 0.25) is 5.91 Å². The van der Waals surface area contributed by atoms with Gasteiger partial charge in [0.15, 0.2) is 5.78 Å². The van der Waals surface area contributed by atoms with E-state index in [9.17, 15) is 9.59 Å². The van der Waals surface area contributed by atoms with Crippen LogP contribution in [0.15, 0.2) is 49.1 Å². The lowest BCUT2D eigenvalue weighted by Gasteiger charge is -2.25. The van der Waals surface area contributed by atoms with Gasteiger partial charge in [0.25, 0.3) is 0 Å². The van der Waals surface area contributed by atoms with Crippen molar-refractivity contribution in [2.75, 3.05) is 7.05 Å². The predicted octanol–water partition coefficient (Wildman–Crippen LogP) is 3.82. The van der Waals surface area contributed by atoms with Crippen molar-refractivity contribution in [2.24, 2.45) is 0 Å². The van der Waals surface area contributed by atoms with E-state index in [4.69, 9.17) is 0 Å². The number of rotatable bonds is 7. The topological polar surface area (TPSA) is 68.1 Å². The summed E-state index contributed by atoms with van der Waals surface area (Å²) in [5.74, 6) is -0.0100. The molecular weight excluding hydrogens is 360 g/mol. The number of carbonyl (C=O) groups excluding carboxylic acids is 2. The molecule has 0 aliphatic heterocycles. The SMILES string of the molecule is Cc1ccc(C(=O)CCC(=O)N(C)C(C)c2ccc(-n3cncn3)cc2)s1. The van der Waals surface area contributed by atoms with Crippen LogP contribution in [-0.2, 0) is 4.79 Å². The molecule has 6 nitrogen and oxygen atoms in total. The lowest BCUT2D eigenvalue weighted by molar-refractivity contribution is -0.131. The number of amides is 1. The van der Waals surface area contributed by atoms with Crippen molar-refractivity contribution in [3.05, 3.63) is 64.4 Å². The molecule has 1 unspecified atom stereocenters. The Hall–Kier alpha value is -2.80. The Balaban J connectivity index is 1.58. The van der Waals surface area contributed by atoms with E-state index < -0.39 is 0 Å². The first-order chi connectivity index (χ1) is 13.0. The molecule has 2 heterocycles. The number of aryl methyl sites for hydroxylation is 1. The van der Waals surface area contributed by atoms with E-state index >= 15 is 0 Å². The van der Waals surface area contributed by atoms with Crippen LogP contribution in [-0.4, -0.2) is 38.4 Å². The Morgan fingerprint density at radius 3 is 2.48 bits per heavy atom. The second-order valence-electron chi connectivity index (χ2n) is 6.45. The molecule has 2 aromatic heterocycles. The van der Waals surface area contributed by atoms with Crippen molar-refractivity contribution in [3.8, 4) is 5.69 Å². The zero-order chi connectivity index (χ0) is 19.4. The standard InChI is InChI=1S/C20H22N4O2S/c1-14-4-10-19(27-14)18(25)9-11-20(26)23(3)15(2)16-5-7-17(8-6-16)24-13-21-12-22-24/h4-8,10,12-13,15H,9,11H2,1-3H3. The van der Waals surface area contributed by atoms with Crippen LogP contribution in [0.1, 0.15) is 45.9 Å². The highest BCUT2D eigenvalue weighted by molar-refractivity contribution is 7.14. The first-order valence-corrected chi connectivity index (χ1v) is 9.57. The molecule has 1 atom stereocenters. The van der Waals surface area contributed by atoms with Crippen LogP contribution in [0.25, 0.3) is 5.69 Å². The number of aromatic nitrogens is 3. The Morgan fingerprint density at radius 2 is 1.89 bits per heavy atom. The molecule has 0 saturated carbocycles. The summed E-state index contributed by atoms with van der Waals surface area (Å²) in [5.41, 5.74) is 1.93. The fourth-order valence-electron chi connectivity index (χ4n) is 2.79. The molecule has 140 valence electrons. The quantitative estimate of drug-likeness (QED) is 0.583. The number of Topliss-reactive ketones (excluding diaryl/α,β-unsaturated/α-hetero) is 1. The minimum atomic E-state index is -0.0821. The van der Waals surface area contributed by atoms with Gasteiger partial charge in [-0.15, -0.1) is 11.3 Å². The molecule has 27 heavy (non-hydrogen) atoms. The fraction of sp³-hybridized carbons (Fsp3) is 0.300. The number of carbonyl (C=O) groups is 2. The lowest BCUT2D eigenvalue weighted by atomic mass is 10.1. The smallest absolute Gasteiger partial charge is 0.223 e. The summed E-state index contributed by atoms with van der Waals surface area (Å²) in [6.07, 6.45) is 3.58. The highest BCUT2D eigenvalue weighted by atomic mass is 32.1. The molecule has 1 amide bonds. The zero-order valence-electron chi connectivity index (χ0n) is 15.6. The predicted molar refractivity (Wildman–Crippen MR) is 105 cm³/mol. The lowest BCUT2D eigenvalue weighted by Crippen LogP contribution is -2.29. The average molecular weight is 382 g/mol. The summed E-state index contributed by atoms with van der Waals surface area (Å²) < 4.78 is 1.68. The van der Waals surface area contributed by atoms with Crippen LogP contribution in [0.3, 0.4) is 0 Å². The number of ketones is 1. The largest absolute Gasteiger partial charge is 0.339 e. The third-order valence-corrected chi connectivity index (χ3v) is 5.66. The molecule has 0 N–H and O–H groups in total. The van der Waals surface area contributed by atoms with E-state index in [1.807, 2.05) is 50.2 Å². The summed E-state index contributed by atoms with van der Waals surface area (Å²) >= 11 is 1.47. The minimum absolute atomic E-state index is 0.0275. The summed E-state index contributed by atoms with van der Waals surface area (Å²) in [6, 6.07) is 11.5. The Morgan fingerprint density at radius 1 is 1.15 bits per heavy atom. The highest BCUT2D eigenvalue weighted by Crippen LogP contribution is 2.22. The second-order valence-corrected chi connectivity index (χ2v) is 7.73. The fourth-order valence-corrected chi connectivity index (χ4v) is 3.63. The van der Waals surface area contributed by atoms with Crippen molar-refractivity contribution in [1.29, 1.82) is 0 Å². The van der Waals surface area contributed by atoms with Crippen LogP contribution in [0.5, 0.6) is 0 Å². The monoisotopic (exact) mass is 382 g/mol. The van der Waals surface area contributed by atoms with Gasteiger partial charge < -0.3 is 4.90 Å². The maximum Gasteiger partial charge on any atom is 0.223 e. The molecule has 0 radical (unpaired) electrons. The number of benzene rings is 1. The van der Waals surface area contributed by atoms with E-state index in [0.29, 0.717) is 0 Å². The van der Waals surface area contributed by atoms with Crippen molar-refractivity contribution >= 4 is 23.0 Å². The molecule has 0 aliphatic rings. The molecule has 0 fully saturated rings. The maximum absolute atomic E-state index is 12.5. The molecule has 1 aromatic carbocycles. The van der Waals surface area contributed by atoms with E-state index in [1.165, 1.54) is 17.7 Å². The normalized spacial score (nSPS) is 12.0. The summed E-state index contributed by atoms with van der Waals surface area (Å²) in [6.45, 7) is 3.95. The number of nitrogens with zero attached hydrogens (tertiary/aromatic N) is 4. The summed E-state index contributed by atoms with van der Waals surface area (Å²) in [4.78, 5) is 32.2. The molecule has 3 aromatic rings. The second kappa shape index (κ2) is 8.26. The Kier molecular flexibility index (Phi) is 5.81. The molecule has 3 rings (SSSR count). The molecule has 0 aliphatic carbocycles. The third kappa shape index (κ3) is 4.49. The minimum Gasteiger partial charge on any atom is -0.339 e. The van der Waals surface area contributed by atoms with E-state index in [-0.39, 0.29) is 30.6 Å². The third-order valence-electron chi connectivity index (χ3n) is 4.61. The Bertz CT molecular complexity index is 916. The van der Waals surface area contributed by atoms with Gasteiger partial charge in [-0.2, -0.15) is 5.10 Å². The number of hydrogen-bond donors (Lipinski definition) is 0. The summed E-state index contributed by atoms with van der Waals surface area (Å²) in [5, 5.41) is 4.10. The van der Waals surface area contributed by atoms with Gasteiger partial charge >= 0.3 is 0 Å². The van der Waals surface area contributed by atoms with Crippen LogP contribution in [0.4, 0.5) is 0 Å². The van der Waals surface area contributed by atoms with Crippen molar-refractivity contribution in [2.45, 2.75) is 32.7 Å². The first-order valence-electron chi connectivity index (χ1n) is 8.76. The van der Waals surface area contributed by atoms with Crippen LogP contribution < -0.4 is 0 Å². The van der Waals surface area contributed by atoms with Crippen molar-refractivity contribution in [1.82, 2.24) is 19.7 Å². The van der Waals surface area contributed by atoms with Gasteiger partial charge in [0, 0.05) is 24.8 Å². The molecule has 7 heteroatoms. The van der Waals surface area contributed by atoms with Gasteiger partial charge in [0.1, 0.15) is 12.7 Å². The molecule has 0 bridgehead atoms. The van der Waals surface area contributed by atoms with Crippen LogP contribution in [0, 0.1) is 6.92 Å². The van der Waals surface area contributed by atoms with E-state index in [0.717, 1.165) is 21.0 Å². The summed E-state index contributed by atoms with van der Waals surface area (Å²) in [7, 11) is 1.78. The molecular formula is C20H22N4O2S. The van der Waals surface area contributed by atoms with Crippen LogP contribution in [0.2, 0.25) is 0 Å². The van der Waals surface area contributed by atoms with Gasteiger partial charge in [0.05, 0.1) is 16.6 Å². The van der Waals surface area contributed by atoms with Crippen molar-refractivity contribution in [3.63, 3.8) is 0 Å². The first kappa shape index (κ1) is 19.0. The zero-order valence-corrected chi connectivity index (χ0v) is 16.4. The molecule has 0 saturated heterocycles. The van der Waals surface area contributed by atoms with E-state index in [2.05, 4.69) is 10.1 Å². The average Bonchev–Trinajstić information content (AvgIpc) is 3.36. The highest BCUT2D eigenvalue weighted by Gasteiger charge is 2.19. The number of thiophene rings is 1. The van der Waals surface area contributed by atoms with Gasteiger partial charge in [-0.1, -0.05) is 12.1 Å². The van der Waals surface area contributed by atoms with Gasteiger partial charge in [-0.25, -0.2) is 9.67 Å². The van der Waals surface area contributed by atoms with Crippen molar-refractivity contribution < 1.29 is 9.59 Å². The Labute approximate surface area is 162 Å². The van der Waals surface area contributed by atoms with Crippen LogP contribution >= 0.6 is 11.3 Å². The molecule has 0 spiro atoms. The maximum atomic E-state index is 12.5.